The number of ether oxygens (including phenoxy) is 9. The molecule has 0 bridgehead atoms. The molecular formula is C129H160BBr2N4O11P. The number of rotatable bonds is 20. The van der Waals surface area contributed by atoms with Crippen molar-refractivity contribution in [2.45, 2.75) is 274 Å². The number of hydrogen-bond donors (Lipinski definition) is 2. The van der Waals surface area contributed by atoms with Gasteiger partial charge in [0.2, 0.25) is 0 Å². The standard InChI is InChI=1S/C56H64N2O4.C34H34Br2N2O2.C26H35O2P.C11H17BO3.2CH4.H2/c1-53(2,3)35-21-25-47(59-13)39(27-35)41-29-37(55(7,8)9)31-43(51(41)61-15)45-23-19-33-17-18-34-20-24-46(58-50(34)49(33)57-45)44-32-38(56(10,11)12)30-42(52(44)62-16)40-28-36(54(4,5)6)22-26-48(40)60-14;1-33(2,3)21-15-23(31(39-7)25(35)17-21)27-13-11-19-9-10-20-12-14-28(38-30(20)29(19)37-27)24-16-22(34(4,5)6)18-26(36)32(24)40-8;1-27-23-17-11-18-24(28-2)26(23)22-16-9-10-19-25(22)29(20-12-5-3-6-13-20)21-14-7-4-8-15-21;1-11(2,3)8-5-6-10(15-4)9(7-8)12(13)14;;;/h17-32H,1-16H3;9-18H,1-8H3;9-11,16-21H,3-8,12-15H2,1-2H3;5-7,13-14H,1-4H3;2*1H4;1H/i;;;;;;1+2. The number of pyridine rings is 4. The van der Waals surface area contributed by atoms with E-state index in [0.717, 1.165) is 199 Å². The van der Waals surface area contributed by atoms with Crippen molar-refractivity contribution in [3.8, 4) is 130 Å². The molecule has 0 atom stereocenters. The molecule has 4 heterocycles. The predicted octanol–water partition coefficient (Wildman–Crippen LogP) is 34.3. The van der Waals surface area contributed by atoms with Crippen LogP contribution in [-0.4, -0.2) is 112 Å². The molecule has 148 heavy (non-hydrogen) atoms. The lowest BCUT2D eigenvalue weighted by Crippen LogP contribution is -2.32. The van der Waals surface area contributed by atoms with Gasteiger partial charge in [-0.3, -0.25) is 0 Å². The fourth-order valence-electron chi connectivity index (χ4n) is 19.9. The Hall–Kier alpha value is -11.4. The van der Waals surface area contributed by atoms with Crippen molar-refractivity contribution >= 4 is 101 Å². The number of aromatic nitrogens is 4. The van der Waals surface area contributed by atoms with Gasteiger partial charge in [-0.25, -0.2) is 19.9 Å². The third-order valence-electron chi connectivity index (χ3n) is 28.6. The SMILES string of the molecule is C.C.COc1c(Br)cc(C(C)(C)C)cc1-c1ccc2ccc3ccc(-c4cc(C(C)(C)C)cc(Br)c4OC)nc3c2n1.COc1ccc(C(C)(C)C)cc1-c1cc(C(C)(C)C)cc(-c2ccc3ccc4ccc(-c5cc(C(C)(C)C)cc(-c6cc(C(C)(C)C)ccc6OC)c5OC)nc4c3n2)c1OC.COc1ccc(C(C)(C)C)cc1B(O)O.COc1cccc(OC)c1-c1ccccc1P(C1CCCCC1)C1CCCCC1.[3HH]. The van der Waals surface area contributed by atoms with E-state index in [1.54, 1.807) is 74.3 Å². The van der Waals surface area contributed by atoms with Crippen molar-refractivity contribution in [3.63, 3.8) is 0 Å². The fourth-order valence-corrected chi connectivity index (χ4v) is 25.1. The van der Waals surface area contributed by atoms with E-state index in [1.165, 1.54) is 99.1 Å². The molecule has 2 N–H and O–H groups in total. The number of hydrogen-bond acceptors (Lipinski definition) is 15. The van der Waals surface area contributed by atoms with E-state index < -0.39 is 7.12 Å². The molecule has 0 amide bonds. The lowest BCUT2D eigenvalue weighted by atomic mass is 9.75. The molecule has 2 saturated carbocycles. The summed E-state index contributed by atoms with van der Waals surface area (Å²) in [6.45, 7) is 46.3. The minimum Gasteiger partial charge on any atom is -0.497 e. The summed E-state index contributed by atoms with van der Waals surface area (Å²) in [6, 6.07) is 76.5. The zero-order valence-electron chi connectivity index (χ0n) is 91.6. The molecule has 11 aromatic carbocycles. The lowest BCUT2D eigenvalue weighted by Gasteiger charge is -2.39. The number of fused-ring (bicyclic) bond motifs is 6. The number of halogens is 2. The molecule has 0 radical (unpaired) electrons. The van der Waals surface area contributed by atoms with Crippen LogP contribution < -0.4 is 53.4 Å². The van der Waals surface area contributed by atoms with Gasteiger partial charge in [0.05, 0.1) is 123 Å². The molecule has 0 aliphatic heterocycles. The second-order valence-corrected chi connectivity index (χ2v) is 50.4. The highest BCUT2D eigenvalue weighted by Gasteiger charge is 2.37. The maximum absolute atomic E-state index is 9.20. The Balaban J connectivity index is 0.000000207. The van der Waals surface area contributed by atoms with Gasteiger partial charge in [-0.05, 0) is 272 Å². The van der Waals surface area contributed by atoms with Crippen LogP contribution >= 0.6 is 39.8 Å². The van der Waals surface area contributed by atoms with E-state index in [0.29, 0.717) is 11.2 Å². The van der Waals surface area contributed by atoms with E-state index in [-0.39, 0.29) is 62.1 Å². The van der Waals surface area contributed by atoms with Crippen LogP contribution in [0.25, 0.3) is 122 Å². The first-order valence-corrected chi connectivity index (χ1v) is 54.3. The van der Waals surface area contributed by atoms with Crippen LogP contribution in [0.4, 0.5) is 0 Å². The fraction of sp³-hybridized carbons (Fsp3) is 0.395. The lowest BCUT2D eigenvalue weighted by molar-refractivity contribution is 0.397. The third kappa shape index (κ3) is 25.6. The predicted molar refractivity (Wildman–Crippen MR) is 636 cm³/mol. The molecule has 17 rings (SSSR count). The Morgan fingerprint density at radius 2 is 0.541 bits per heavy atom. The van der Waals surface area contributed by atoms with Crippen LogP contribution in [0.15, 0.2) is 227 Å². The highest BCUT2D eigenvalue weighted by atomic mass is 79.9. The van der Waals surface area contributed by atoms with Gasteiger partial charge >= 0.3 is 7.12 Å². The molecular weight excluding hydrogens is 1980 g/mol. The summed E-state index contributed by atoms with van der Waals surface area (Å²) in [5.74, 6) is 6.92. The molecule has 19 heteroatoms. The maximum Gasteiger partial charge on any atom is 0.492 e. The van der Waals surface area contributed by atoms with Gasteiger partial charge in [0, 0.05) is 72.9 Å². The zero-order chi connectivity index (χ0) is 106. The molecule has 15 aromatic rings. The Morgan fingerprint density at radius 1 is 0.270 bits per heavy atom. The third-order valence-corrected chi connectivity index (χ3v) is 33.3. The summed E-state index contributed by atoms with van der Waals surface area (Å²) >= 11 is 7.46. The molecule has 0 unspecified atom stereocenters. The Kier molecular flexibility index (Phi) is 37.0. The summed E-state index contributed by atoms with van der Waals surface area (Å²) < 4.78 is 54.9. The van der Waals surface area contributed by atoms with Gasteiger partial charge in [0.15, 0.2) is 0 Å². The minimum atomic E-state index is -1.50. The van der Waals surface area contributed by atoms with Crippen LogP contribution in [0.5, 0.6) is 51.7 Å². The van der Waals surface area contributed by atoms with Gasteiger partial charge < -0.3 is 52.7 Å². The molecule has 4 aromatic heterocycles. The van der Waals surface area contributed by atoms with Crippen molar-refractivity contribution < 1.29 is 54.1 Å². The Morgan fingerprint density at radius 3 is 0.838 bits per heavy atom. The normalized spacial score (nSPS) is 13.4. The zero-order valence-corrected chi connectivity index (χ0v) is 95.7. The number of nitrogens with zero attached hydrogens (tertiary/aromatic N) is 4. The van der Waals surface area contributed by atoms with E-state index in [2.05, 4.69) is 371 Å². The molecule has 2 fully saturated rings. The monoisotopic (exact) mass is 2140 g/mol. The largest absolute Gasteiger partial charge is 0.497 e. The first-order valence-electron chi connectivity index (χ1n) is 51.2. The van der Waals surface area contributed by atoms with Gasteiger partial charge in [0.25, 0.3) is 0 Å². The Bertz CT molecular complexity index is 6880. The average Bonchev–Trinajstić information content (AvgIpc) is 0.745. The summed E-state index contributed by atoms with van der Waals surface area (Å²) in [7, 11) is 13.7. The van der Waals surface area contributed by atoms with Crippen LogP contribution in [0.1, 0.15) is 265 Å². The first-order chi connectivity index (χ1) is 69.1. The van der Waals surface area contributed by atoms with Crippen LogP contribution in [0.3, 0.4) is 0 Å². The van der Waals surface area contributed by atoms with E-state index in [9.17, 15) is 10.0 Å². The van der Waals surface area contributed by atoms with Crippen LogP contribution in [0.2, 0.25) is 0 Å². The second kappa shape index (κ2) is 47.4. The number of benzene rings is 11. The van der Waals surface area contributed by atoms with Crippen molar-refractivity contribution in [2.75, 3.05) is 64.0 Å². The van der Waals surface area contributed by atoms with Crippen LogP contribution in [0, 0.1) is 0 Å². The van der Waals surface area contributed by atoms with Gasteiger partial charge in [-0.2, -0.15) is 0 Å². The molecule has 0 saturated heterocycles. The molecule has 784 valence electrons. The molecule has 15 nitrogen and oxygen atoms in total. The summed E-state index contributed by atoms with van der Waals surface area (Å²) in [6.07, 6.45) is 14.2. The van der Waals surface area contributed by atoms with Crippen molar-refractivity contribution in [2.24, 2.45) is 0 Å². The van der Waals surface area contributed by atoms with Gasteiger partial charge in [0.1, 0.15) is 51.7 Å². The van der Waals surface area contributed by atoms with Crippen molar-refractivity contribution in [1.29, 1.82) is 0 Å². The topological polar surface area (TPSA) is 175 Å². The Labute approximate surface area is 902 Å². The minimum absolute atomic E-state index is 0. The van der Waals surface area contributed by atoms with Gasteiger partial charge in [-0.15, -0.1) is 0 Å². The second-order valence-electron chi connectivity index (χ2n) is 45.9. The molecule has 2 aliphatic rings. The summed E-state index contributed by atoms with van der Waals surface area (Å²) in [4.78, 5) is 21.3. The van der Waals surface area contributed by atoms with E-state index in [1.807, 2.05) is 12.1 Å². The molecule has 0 spiro atoms. The van der Waals surface area contributed by atoms with Crippen molar-refractivity contribution in [1.82, 2.24) is 19.9 Å². The van der Waals surface area contributed by atoms with Gasteiger partial charge in [-0.1, -0.05) is 310 Å². The average molecular weight is 2150 g/mol. The van der Waals surface area contributed by atoms with Crippen molar-refractivity contribution in [3.05, 3.63) is 266 Å². The van der Waals surface area contributed by atoms with E-state index >= 15 is 0 Å². The maximum atomic E-state index is 9.20. The quantitative estimate of drug-likeness (QED) is 0.0418. The highest BCUT2D eigenvalue weighted by molar-refractivity contribution is 9.11. The number of methoxy groups -OCH3 is 9. The highest BCUT2D eigenvalue weighted by Crippen LogP contribution is 2.59. The summed E-state index contributed by atoms with van der Waals surface area (Å²) in [5, 5.41) is 24.0. The smallest absolute Gasteiger partial charge is 0.492 e. The first kappa shape index (κ1) is 115. The summed E-state index contributed by atoms with van der Waals surface area (Å²) in [5.41, 5.74) is 26.5. The van der Waals surface area contributed by atoms with Crippen LogP contribution in [-0.2, 0) is 37.9 Å². The molecule has 2 aliphatic carbocycles. The van der Waals surface area contributed by atoms with E-state index in [4.69, 9.17) is 62.6 Å².